The van der Waals surface area contributed by atoms with E-state index in [9.17, 15) is 19.8 Å². The van der Waals surface area contributed by atoms with Gasteiger partial charge in [-0.25, -0.2) is 0 Å². The molecule has 1 aromatic carbocycles. The van der Waals surface area contributed by atoms with Crippen molar-refractivity contribution in [1.82, 2.24) is 0 Å². The van der Waals surface area contributed by atoms with E-state index >= 15 is 0 Å². The van der Waals surface area contributed by atoms with E-state index in [0.717, 1.165) is 12.0 Å². The van der Waals surface area contributed by atoms with Gasteiger partial charge in [-0.1, -0.05) is 42.0 Å². The van der Waals surface area contributed by atoms with Gasteiger partial charge in [-0.2, -0.15) is 0 Å². The van der Waals surface area contributed by atoms with Crippen LogP contribution in [0.15, 0.2) is 58.9 Å². The largest absolute Gasteiger partial charge is 0.506 e. The van der Waals surface area contributed by atoms with E-state index < -0.39 is 22.4 Å². The molecule has 1 fully saturated rings. The molecular formula is C29H36O5. The minimum atomic E-state index is -1.35. The summed E-state index contributed by atoms with van der Waals surface area (Å²) in [6.45, 7) is 11.1. The number of aliphatic hydroxyl groups excluding tert-OH is 1. The molecule has 5 heteroatoms. The quantitative estimate of drug-likeness (QED) is 0.258. The van der Waals surface area contributed by atoms with E-state index in [1.165, 1.54) is 0 Å². The van der Waals surface area contributed by atoms with Crippen molar-refractivity contribution in [2.24, 2.45) is 17.3 Å². The molecule has 182 valence electrons. The number of allylic oxidation sites excluding steroid dienone is 4. The molecule has 4 atom stereocenters. The lowest BCUT2D eigenvalue weighted by Gasteiger charge is -2.53. The molecule has 1 heterocycles. The van der Waals surface area contributed by atoms with Crippen LogP contribution in [0.25, 0.3) is 5.76 Å². The highest BCUT2D eigenvalue weighted by Gasteiger charge is 2.59. The molecule has 0 spiro atoms. The van der Waals surface area contributed by atoms with Crippen LogP contribution in [-0.4, -0.2) is 33.0 Å². The first-order chi connectivity index (χ1) is 15.8. The Bertz CT molecular complexity index is 1110. The summed E-state index contributed by atoms with van der Waals surface area (Å²) in [4.78, 5) is 28.1. The lowest BCUT2D eigenvalue weighted by molar-refractivity contribution is -0.143. The van der Waals surface area contributed by atoms with Crippen LogP contribution in [0.5, 0.6) is 0 Å². The maximum atomic E-state index is 14.1. The SMILES string of the molecule is CC(C)=CC[C@]1(C)C(=O)C2=C(O[C@]3(C)CC[C@H](C(C)(C)O)[C@H]2C3)/C(=C(/O)c2ccccc2)C1=O. The Morgan fingerprint density at radius 2 is 1.79 bits per heavy atom. The van der Waals surface area contributed by atoms with Crippen molar-refractivity contribution in [2.45, 2.75) is 78.4 Å². The number of ketones is 2. The second-order valence-electron chi connectivity index (χ2n) is 11.5. The third-order valence-corrected chi connectivity index (χ3v) is 7.90. The molecule has 34 heavy (non-hydrogen) atoms. The molecule has 2 bridgehead atoms. The van der Waals surface area contributed by atoms with Crippen molar-refractivity contribution in [1.29, 1.82) is 0 Å². The molecule has 5 nitrogen and oxygen atoms in total. The van der Waals surface area contributed by atoms with Crippen molar-refractivity contribution in [2.75, 3.05) is 0 Å². The molecule has 0 amide bonds. The van der Waals surface area contributed by atoms with Gasteiger partial charge in [-0.3, -0.25) is 9.59 Å². The summed E-state index contributed by atoms with van der Waals surface area (Å²) in [7, 11) is 0. The fraction of sp³-hybridized carbons (Fsp3) is 0.517. The smallest absolute Gasteiger partial charge is 0.184 e. The van der Waals surface area contributed by atoms with Gasteiger partial charge in [-0.15, -0.1) is 0 Å². The molecule has 2 aliphatic carbocycles. The second-order valence-corrected chi connectivity index (χ2v) is 11.5. The fourth-order valence-corrected chi connectivity index (χ4v) is 5.87. The summed E-state index contributed by atoms with van der Waals surface area (Å²) in [5, 5.41) is 22.4. The topological polar surface area (TPSA) is 83.8 Å². The highest BCUT2D eigenvalue weighted by molar-refractivity contribution is 6.26. The van der Waals surface area contributed by atoms with Crippen molar-refractivity contribution in [3.05, 3.63) is 64.4 Å². The maximum Gasteiger partial charge on any atom is 0.184 e. The maximum absolute atomic E-state index is 14.1. The van der Waals surface area contributed by atoms with Crippen LogP contribution >= 0.6 is 0 Å². The molecule has 1 aromatic rings. The minimum Gasteiger partial charge on any atom is -0.506 e. The lowest BCUT2D eigenvalue weighted by atomic mass is 9.57. The number of carbonyl (C=O) groups is 2. The predicted molar refractivity (Wildman–Crippen MR) is 132 cm³/mol. The summed E-state index contributed by atoms with van der Waals surface area (Å²) < 4.78 is 6.45. The van der Waals surface area contributed by atoms with Gasteiger partial charge in [0.15, 0.2) is 11.6 Å². The van der Waals surface area contributed by atoms with E-state index in [1.54, 1.807) is 45.0 Å². The zero-order valence-corrected chi connectivity index (χ0v) is 21.1. The van der Waals surface area contributed by atoms with Gasteiger partial charge in [0.2, 0.25) is 0 Å². The highest BCUT2D eigenvalue weighted by Crippen LogP contribution is 2.56. The summed E-state index contributed by atoms with van der Waals surface area (Å²) in [5.41, 5.74) is -0.873. The van der Waals surface area contributed by atoms with E-state index in [0.29, 0.717) is 24.0 Å². The number of Topliss-reactive ketones (excluding diaryl/α,β-unsaturated/α-hetero) is 2. The summed E-state index contributed by atoms with van der Waals surface area (Å²) in [5.74, 6) is -1.04. The molecule has 4 rings (SSSR count). The number of fused-ring (bicyclic) bond motifs is 3. The van der Waals surface area contributed by atoms with Crippen LogP contribution in [-0.2, 0) is 14.3 Å². The monoisotopic (exact) mass is 464 g/mol. The van der Waals surface area contributed by atoms with Crippen molar-refractivity contribution in [3.63, 3.8) is 0 Å². The summed E-state index contributed by atoms with van der Waals surface area (Å²) in [6, 6.07) is 8.91. The van der Waals surface area contributed by atoms with Gasteiger partial charge in [0.05, 0.1) is 11.0 Å². The Morgan fingerprint density at radius 3 is 2.38 bits per heavy atom. The zero-order chi connectivity index (χ0) is 25.1. The third-order valence-electron chi connectivity index (χ3n) is 7.90. The van der Waals surface area contributed by atoms with Crippen molar-refractivity contribution >= 4 is 17.3 Å². The van der Waals surface area contributed by atoms with Crippen molar-refractivity contribution in [3.8, 4) is 0 Å². The summed E-state index contributed by atoms with van der Waals surface area (Å²) >= 11 is 0. The first-order valence-corrected chi connectivity index (χ1v) is 12.2. The van der Waals surface area contributed by atoms with Gasteiger partial charge < -0.3 is 14.9 Å². The van der Waals surface area contributed by atoms with E-state index in [2.05, 4.69) is 0 Å². The third kappa shape index (κ3) is 3.94. The minimum absolute atomic E-state index is 0.0813. The van der Waals surface area contributed by atoms with E-state index in [-0.39, 0.29) is 41.1 Å². The Morgan fingerprint density at radius 1 is 1.15 bits per heavy atom. The Labute approximate surface area is 202 Å². The normalized spacial score (nSPS) is 32.7. The van der Waals surface area contributed by atoms with Crippen LogP contribution in [0.2, 0.25) is 0 Å². The predicted octanol–water partition coefficient (Wildman–Crippen LogP) is 5.70. The number of ether oxygens (including phenoxy) is 1. The van der Waals surface area contributed by atoms with Crippen molar-refractivity contribution < 1.29 is 24.5 Å². The molecule has 1 saturated carbocycles. The molecule has 3 aliphatic rings. The number of carbonyl (C=O) groups excluding carboxylic acids is 2. The van der Waals surface area contributed by atoms with Gasteiger partial charge in [0.1, 0.15) is 22.7 Å². The number of rotatable bonds is 4. The molecule has 0 aromatic heterocycles. The van der Waals surface area contributed by atoms with Crippen LogP contribution in [0.1, 0.15) is 72.8 Å². The van der Waals surface area contributed by atoms with Gasteiger partial charge in [0.25, 0.3) is 0 Å². The van der Waals surface area contributed by atoms with Crippen LogP contribution in [0, 0.1) is 17.3 Å². The standard InChI is InChI=1S/C29H36O5/c1-17(2)12-15-29(6)25(31)21-19-16-28(5,14-13-20(19)27(3,4)33)34-24(21)22(26(29)32)23(30)18-10-8-7-9-11-18/h7-12,19-20,30,33H,13-16H2,1-6H3/b23-22-/t19-,20+,28-,29-/m1/s1. The van der Waals surface area contributed by atoms with Crippen LogP contribution < -0.4 is 0 Å². The molecule has 0 unspecified atom stereocenters. The van der Waals surface area contributed by atoms with Crippen LogP contribution in [0.4, 0.5) is 0 Å². The molecule has 1 aliphatic heterocycles. The number of hydrogen-bond acceptors (Lipinski definition) is 5. The number of benzene rings is 1. The van der Waals surface area contributed by atoms with Gasteiger partial charge in [0, 0.05) is 17.1 Å². The number of hydrogen-bond donors (Lipinski definition) is 2. The molecule has 0 radical (unpaired) electrons. The Kier molecular flexibility index (Phi) is 5.92. The van der Waals surface area contributed by atoms with Gasteiger partial charge >= 0.3 is 0 Å². The highest BCUT2D eigenvalue weighted by atomic mass is 16.5. The van der Waals surface area contributed by atoms with Gasteiger partial charge in [-0.05, 0) is 73.1 Å². The Hall–Kier alpha value is -2.66. The zero-order valence-electron chi connectivity index (χ0n) is 21.1. The first kappa shape index (κ1) is 24.5. The molecule has 0 saturated heterocycles. The Balaban J connectivity index is 2.01. The summed E-state index contributed by atoms with van der Waals surface area (Å²) in [6.07, 6.45) is 4.16. The average Bonchev–Trinajstić information content (AvgIpc) is 2.75. The second kappa shape index (κ2) is 8.23. The van der Waals surface area contributed by atoms with E-state index in [4.69, 9.17) is 4.74 Å². The fourth-order valence-electron chi connectivity index (χ4n) is 5.87. The first-order valence-electron chi connectivity index (χ1n) is 12.2. The molecule has 2 N–H and O–H groups in total. The van der Waals surface area contributed by atoms with E-state index in [1.807, 2.05) is 32.9 Å². The number of aliphatic hydroxyl groups is 2. The molecular weight excluding hydrogens is 428 g/mol. The van der Waals surface area contributed by atoms with Crippen LogP contribution in [0.3, 0.4) is 0 Å². The lowest BCUT2D eigenvalue weighted by Crippen LogP contribution is -2.55. The average molecular weight is 465 g/mol.